The fourth-order valence-corrected chi connectivity index (χ4v) is 3.82. The maximum atomic E-state index is 6.21. The van der Waals surface area contributed by atoms with Crippen LogP contribution in [0.4, 0.5) is 0 Å². The van der Waals surface area contributed by atoms with Crippen LogP contribution in [0.15, 0.2) is 42.5 Å². The van der Waals surface area contributed by atoms with Gasteiger partial charge in [-0.3, -0.25) is 0 Å². The molecule has 3 heteroatoms. The van der Waals surface area contributed by atoms with Crippen LogP contribution in [0.25, 0.3) is 10.4 Å². The third-order valence-electron chi connectivity index (χ3n) is 3.60. The van der Waals surface area contributed by atoms with E-state index in [1.807, 2.05) is 11.3 Å². The first-order valence-corrected chi connectivity index (χ1v) is 7.15. The van der Waals surface area contributed by atoms with Gasteiger partial charge >= 0.3 is 0 Å². The summed E-state index contributed by atoms with van der Waals surface area (Å²) >= 11 is 1.88. The lowest BCUT2D eigenvalue weighted by atomic mass is 10.0. The molecule has 0 aliphatic carbocycles. The Hall–Kier alpha value is -1.16. The monoisotopic (exact) mass is 258 g/mol. The van der Waals surface area contributed by atoms with Crippen LogP contribution in [0, 0.1) is 0 Å². The largest absolute Gasteiger partial charge is 0.326 e. The van der Waals surface area contributed by atoms with Gasteiger partial charge < -0.3 is 10.6 Å². The Morgan fingerprint density at radius 2 is 1.89 bits per heavy atom. The van der Waals surface area contributed by atoms with Gasteiger partial charge in [0.2, 0.25) is 0 Å². The molecule has 1 aliphatic rings. The van der Waals surface area contributed by atoms with E-state index in [4.69, 9.17) is 5.73 Å². The number of likely N-dealkylation sites (N-methyl/N-ethyl adjacent to an activating group) is 1. The molecule has 2 aromatic rings. The fraction of sp³-hybridized carbons (Fsp3) is 0.333. The number of hydrogen-bond donors (Lipinski definition) is 1. The Labute approximate surface area is 112 Å². The van der Waals surface area contributed by atoms with Crippen molar-refractivity contribution in [3.05, 3.63) is 47.3 Å². The van der Waals surface area contributed by atoms with Crippen LogP contribution in [0.3, 0.4) is 0 Å². The lowest BCUT2D eigenvalue weighted by molar-refractivity contribution is 0.408. The molecular weight excluding hydrogens is 240 g/mol. The Kier molecular flexibility index (Phi) is 3.20. The molecular formula is C15H18N2S. The standard InChI is InChI=1S/C15H18N2S/c1-17-9-12(13(16)10-17)15-8-7-14(18-15)11-5-3-2-4-6-11/h2-8,12-13H,9-10,16H2,1H3/t12-,13-/m0/s1. The van der Waals surface area contributed by atoms with Gasteiger partial charge in [-0.05, 0) is 24.7 Å². The first-order valence-electron chi connectivity index (χ1n) is 6.33. The molecule has 18 heavy (non-hydrogen) atoms. The summed E-state index contributed by atoms with van der Waals surface area (Å²) in [7, 11) is 2.14. The average molecular weight is 258 g/mol. The molecule has 2 heterocycles. The Bertz CT molecular complexity index is 520. The zero-order valence-electron chi connectivity index (χ0n) is 10.5. The van der Waals surface area contributed by atoms with Gasteiger partial charge in [-0.15, -0.1) is 11.3 Å². The number of thiophene rings is 1. The molecule has 2 atom stereocenters. The highest BCUT2D eigenvalue weighted by molar-refractivity contribution is 7.15. The van der Waals surface area contributed by atoms with Crippen molar-refractivity contribution >= 4 is 11.3 Å². The van der Waals surface area contributed by atoms with Crippen LogP contribution in [0.1, 0.15) is 10.8 Å². The van der Waals surface area contributed by atoms with Crippen molar-refractivity contribution in [2.24, 2.45) is 5.73 Å². The molecule has 1 aromatic carbocycles. The van der Waals surface area contributed by atoms with Crippen molar-refractivity contribution in [3.63, 3.8) is 0 Å². The van der Waals surface area contributed by atoms with E-state index in [2.05, 4.69) is 54.4 Å². The van der Waals surface area contributed by atoms with E-state index in [9.17, 15) is 0 Å². The molecule has 0 spiro atoms. The van der Waals surface area contributed by atoms with Gasteiger partial charge in [0.05, 0.1) is 0 Å². The molecule has 0 radical (unpaired) electrons. The predicted molar refractivity (Wildman–Crippen MR) is 78.0 cm³/mol. The number of rotatable bonds is 2. The third-order valence-corrected chi connectivity index (χ3v) is 4.86. The van der Waals surface area contributed by atoms with Crippen LogP contribution in [0.2, 0.25) is 0 Å². The minimum atomic E-state index is 0.275. The maximum absolute atomic E-state index is 6.21. The summed E-state index contributed by atoms with van der Waals surface area (Å²) in [6, 6.07) is 15.3. The lowest BCUT2D eigenvalue weighted by Gasteiger charge is -2.11. The first kappa shape index (κ1) is 11.9. The van der Waals surface area contributed by atoms with E-state index in [0.717, 1.165) is 13.1 Å². The SMILES string of the molecule is CN1C[C@H](c2ccc(-c3ccccc3)s2)[C@@H](N)C1. The van der Waals surface area contributed by atoms with Crippen molar-refractivity contribution in [3.8, 4) is 10.4 Å². The molecule has 0 bridgehead atoms. The second-order valence-electron chi connectivity index (χ2n) is 5.06. The van der Waals surface area contributed by atoms with Crippen molar-refractivity contribution in [2.45, 2.75) is 12.0 Å². The maximum Gasteiger partial charge on any atom is 0.0345 e. The number of nitrogens with two attached hydrogens (primary N) is 1. The predicted octanol–water partition coefficient (Wildman–Crippen LogP) is 2.77. The summed E-state index contributed by atoms with van der Waals surface area (Å²) in [6.45, 7) is 2.08. The first-order chi connectivity index (χ1) is 8.74. The number of benzene rings is 1. The minimum Gasteiger partial charge on any atom is -0.326 e. The van der Waals surface area contributed by atoms with Gasteiger partial charge in [0.15, 0.2) is 0 Å². The molecule has 3 rings (SSSR count). The van der Waals surface area contributed by atoms with Crippen molar-refractivity contribution in [1.29, 1.82) is 0 Å². The summed E-state index contributed by atoms with van der Waals surface area (Å²) < 4.78 is 0. The fourth-order valence-electron chi connectivity index (χ4n) is 2.64. The summed E-state index contributed by atoms with van der Waals surface area (Å²) in [6.07, 6.45) is 0. The zero-order chi connectivity index (χ0) is 12.5. The lowest BCUT2D eigenvalue weighted by Crippen LogP contribution is -2.27. The Morgan fingerprint density at radius 3 is 2.56 bits per heavy atom. The average Bonchev–Trinajstić information content (AvgIpc) is 2.97. The smallest absolute Gasteiger partial charge is 0.0345 e. The van der Waals surface area contributed by atoms with Crippen molar-refractivity contribution in [2.75, 3.05) is 20.1 Å². The molecule has 0 unspecified atom stereocenters. The summed E-state index contributed by atoms with van der Waals surface area (Å²) in [5, 5.41) is 0. The molecule has 0 saturated carbocycles. The van der Waals surface area contributed by atoms with Crippen LogP contribution < -0.4 is 5.73 Å². The summed E-state index contributed by atoms with van der Waals surface area (Å²) in [4.78, 5) is 5.08. The molecule has 94 valence electrons. The highest BCUT2D eigenvalue weighted by Crippen LogP contribution is 2.35. The van der Waals surface area contributed by atoms with Crippen LogP contribution in [-0.2, 0) is 0 Å². The molecule has 1 aromatic heterocycles. The second kappa shape index (κ2) is 4.84. The van der Waals surface area contributed by atoms with Crippen LogP contribution >= 0.6 is 11.3 Å². The molecule has 1 saturated heterocycles. The minimum absolute atomic E-state index is 0.275. The highest BCUT2D eigenvalue weighted by atomic mass is 32.1. The second-order valence-corrected chi connectivity index (χ2v) is 6.17. The van der Waals surface area contributed by atoms with E-state index < -0.39 is 0 Å². The normalized spacial score (nSPS) is 24.6. The molecule has 2 N–H and O–H groups in total. The molecule has 2 nitrogen and oxygen atoms in total. The number of hydrogen-bond acceptors (Lipinski definition) is 3. The van der Waals surface area contributed by atoms with E-state index >= 15 is 0 Å². The third kappa shape index (κ3) is 2.21. The number of likely N-dealkylation sites (tertiary alicyclic amines) is 1. The van der Waals surface area contributed by atoms with Crippen LogP contribution in [-0.4, -0.2) is 31.1 Å². The Balaban J connectivity index is 1.86. The van der Waals surface area contributed by atoms with Gasteiger partial charge in [0.25, 0.3) is 0 Å². The van der Waals surface area contributed by atoms with Crippen molar-refractivity contribution < 1.29 is 0 Å². The van der Waals surface area contributed by atoms with Gasteiger partial charge in [-0.2, -0.15) is 0 Å². The summed E-state index contributed by atoms with van der Waals surface area (Å²) in [5.74, 6) is 0.498. The molecule has 1 aliphatic heterocycles. The van der Waals surface area contributed by atoms with E-state index in [1.165, 1.54) is 15.3 Å². The zero-order valence-corrected chi connectivity index (χ0v) is 11.4. The van der Waals surface area contributed by atoms with E-state index in [-0.39, 0.29) is 6.04 Å². The van der Waals surface area contributed by atoms with Crippen molar-refractivity contribution in [1.82, 2.24) is 4.90 Å². The van der Waals surface area contributed by atoms with Gasteiger partial charge in [-0.1, -0.05) is 30.3 Å². The van der Waals surface area contributed by atoms with E-state index in [0.29, 0.717) is 5.92 Å². The van der Waals surface area contributed by atoms with Crippen LogP contribution in [0.5, 0.6) is 0 Å². The summed E-state index contributed by atoms with van der Waals surface area (Å²) in [5.41, 5.74) is 7.51. The highest BCUT2D eigenvalue weighted by Gasteiger charge is 2.30. The van der Waals surface area contributed by atoms with Gasteiger partial charge in [-0.25, -0.2) is 0 Å². The Morgan fingerprint density at radius 1 is 1.11 bits per heavy atom. The topological polar surface area (TPSA) is 29.3 Å². The molecule has 1 fully saturated rings. The number of nitrogens with zero attached hydrogens (tertiary/aromatic N) is 1. The van der Waals surface area contributed by atoms with E-state index in [1.54, 1.807) is 0 Å². The van der Waals surface area contributed by atoms with Gasteiger partial charge in [0, 0.05) is 34.8 Å². The molecule has 0 amide bonds. The quantitative estimate of drug-likeness (QED) is 0.897. The van der Waals surface area contributed by atoms with Gasteiger partial charge in [0.1, 0.15) is 0 Å².